The van der Waals surface area contributed by atoms with Crippen LogP contribution in [0.5, 0.6) is 0 Å². The van der Waals surface area contributed by atoms with Gasteiger partial charge in [-0.25, -0.2) is 39.3 Å². The minimum atomic E-state index is 0.490. The van der Waals surface area contributed by atoms with E-state index >= 15 is 0 Å². The minimum absolute atomic E-state index is 0.490. The molecule has 11 heteroatoms. The van der Waals surface area contributed by atoms with Crippen LogP contribution in [-0.2, 0) is 13.1 Å². The Kier molecular flexibility index (Phi) is 4.61. The number of benzene rings is 1. The molecule has 1 aromatic carbocycles. The predicted molar refractivity (Wildman–Crippen MR) is 121 cm³/mol. The highest BCUT2D eigenvalue weighted by atomic mass is 16.3. The highest BCUT2D eigenvalue weighted by Crippen LogP contribution is 2.22. The highest BCUT2D eigenvalue weighted by Gasteiger charge is 2.16. The minimum Gasteiger partial charge on any atom is -0.467 e. The third-order valence-electron chi connectivity index (χ3n) is 5.18. The average molecular weight is 438 g/mol. The zero-order chi connectivity index (χ0) is 22.0. The zero-order valence-electron chi connectivity index (χ0n) is 17.3. The molecule has 0 radical (unpaired) electrons. The molecule has 0 saturated heterocycles. The van der Waals surface area contributed by atoms with E-state index < -0.39 is 0 Å². The Morgan fingerprint density at radius 1 is 0.667 bits per heavy atom. The fourth-order valence-electron chi connectivity index (χ4n) is 3.59. The summed E-state index contributed by atoms with van der Waals surface area (Å²) >= 11 is 0. The van der Waals surface area contributed by atoms with Gasteiger partial charge in [-0.05, 0) is 17.7 Å². The van der Waals surface area contributed by atoms with Crippen molar-refractivity contribution in [1.82, 2.24) is 39.3 Å². The topological polar surface area (TPSA) is 124 Å². The molecule has 0 amide bonds. The molecule has 2 N–H and O–H groups in total. The van der Waals surface area contributed by atoms with Crippen LogP contribution in [0.15, 0.2) is 78.5 Å². The summed E-state index contributed by atoms with van der Waals surface area (Å²) in [6.07, 6.45) is 7.98. The number of hydrogen-bond acceptors (Lipinski definition) is 9. The van der Waals surface area contributed by atoms with E-state index in [0.717, 1.165) is 11.3 Å². The number of rotatable bonds is 7. The summed E-state index contributed by atoms with van der Waals surface area (Å²) in [5.74, 6) is 2.07. The van der Waals surface area contributed by atoms with Crippen molar-refractivity contribution in [2.24, 2.45) is 0 Å². The first-order chi connectivity index (χ1) is 16.4. The van der Waals surface area contributed by atoms with Crippen LogP contribution in [0, 0.1) is 0 Å². The van der Waals surface area contributed by atoms with Crippen LogP contribution in [-0.4, -0.2) is 39.3 Å². The Balaban J connectivity index is 1.33. The van der Waals surface area contributed by atoms with Gasteiger partial charge in [0.15, 0.2) is 34.0 Å². The fourth-order valence-corrected chi connectivity index (χ4v) is 3.59. The predicted octanol–water partition coefficient (Wildman–Crippen LogP) is 3.09. The summed E-state index contributed by atoms with van der Waals surface area (Å²) in [5.41, 5.74) is 3.67. The monoisotopic (exact) mass is 438 g/mol. The largest absolute Gasteiger partial charge is 0.467 e. The normalized spacial score (nSPS) is 11.3. The maximum absolute atomic E-state index is 5.37. The van der Waals surface area contributed by atoms with E-state index in [-0.39, 0.29) is 0 Å². The summed E-state index contributed by atoms with van der Waals surface area (Å²) in [6, 6.07) is 13.8. The molecule has 0 aliphatic rings. The van der Waals surface area contributed by atoms with Gasteiger partial charge in [0.1, 0.15) is 31.1 Å². The van der Waals surface area contributed by atoms with Gasteiger partial charge in [-0.1, -0.05) is 30.3 Å². The molecule has 33 heavy (non-hydrogen) atoms. The van der Waals surface area contributed by atoms with Crippen LogP contribution in [0.1, 0.15) is 11.3 Å². The summed E-state index contributed by atoms with van der Waals surface area (Å²) in [4.78, 5) is 26.6. The smallest absolute Gasteiger partial charge is 0.185 e. The molecule has 0 fully saturated rings. The lowest BCUT2D eigenvalue weighted by atomic mass is 10.2. The van der Waals surface area contributed by atoms with Crippen LogP contribution in [0.3, 0.4) is 0 Å². The molecule has 11 nitrogen and oxygen atoms in total. The molecule has 5 aromatic heterocycles. The highest BCUT2D eigenvalue weighted by molar-refractivity contribution is 5.85. The Bertz CT molecular complexity index is 1520. The Labute approximate surface area is 187 Å². The van der Waals surface area contributed by atoms with Gasteiger partial charge in [0.05, 0.1) is 12.8 Å². The number of furan rings is 1. The van der Waals surface area contributed by atoms with Crippen molar-refractivity contribution in [2.75, 3.05) is 10.6 Å². The molecule has 6 rings (SSSR count). The van der Waals surface area contributed by atoms with Crippen LogP contribution in [0.4, 0.5) is 11.6 Å². The molecule has 0 saturated carbocycles. The van der Waals surface area contributed by atoms with Crippen LogP contribution in [0.2, 0.25) is 0 Å². The third-order valence-corrected chi connectivity index (χ3v) is 5.18. The van der Waals surface area contributed by atoms with Crippen molar-refractivity contribution in [3.8, 4) is 0 Å². The summed E-state index contributed by atoms with van der Waals surface area (Å²) in [5, 5.41) is 6.59. The second-order valence-corrected chi connectivity index (χ2v) is 7.24. The van der Waals surface area contributed by atoms with Gasteiger partial charge < -0.3 is 15.1 Å². The number of anilines is 2. The lowest BCUT2D eigenvalue weighted by Crippen LogP contribution is -2.09. The van der Waals surface area contributed by atoms with Gasteiger partial charge in [-0.15, -0.1) is 0 Å². The maximum atomic E-state index is 5.37. The van der Waals surface area contributed by atoms with Gasteiger partial charge in [0.25, 0.3) is 0 Å². The van der Waals surface area contributed by atoms with Crippen molar-refractivity contribution in [2.45, 2.75) is 13.1 Å². The van der Waals surface area contributed by atoms with E-state index in [1.807, 2.05) is 30.3 Å². The SMILES string of the molecule is c1ccc(CNc2ncnc3c2ncn3-n2cnc3c(NCc4ccco4)ncnc32)cc1. The third kappa shape index (κ3) is 3.51. The first-order valence-electron chi connectivity index (χ1n) is 10.3. The number of imidazole rings is 2. The molecule has 0 unspecified atom stereocenters. The first kappa shape index (κ1) is 18.9. The van der Waals surface area contributed by atoms with Gasteiger partial charge >= 0.3 is 0 Å². The molecule has 0 bridgehead atoms. The van der Waals surface area contributed by atoms with E-state index in [9.17, 15) is 0 Å². The van der Waals surface area contributed by atoms with Crippen molar-refractivity contribution in [3.63, 3.8) is 0 Å². The Morgan fingerprint density at radius 3 is 1.91 bits per heavy atom. The first-order valence-corrected chi connectivity index (χ1v) is 10.3. The standard InChI is InChI=1S/C22H18N10O/c1-2-5-15(6-3-1)9-23-19-17-21(27-11-25-19)31(13-29-17)32-14-30-18-20(26-12-28-22(18)32)24-10-16-7-4-8-33-16/h1-8,11-14H,9-10H2,(H,23,25,27)(H,24,26,28). The second kappa shape index (κ2) is 8.04. The van der Waals surface area contributed by atoms with Crippen LogP contribution in [0.25, 0.3) is 22.3 Å². The number of nitrogens with one attached hydrogen (secondary N) is 2. The quantitative estimate of drug-likeness (QED) is 0.387. The van der Waals surface area contributed by atoms with E-state index in [2.05, 4.69) is 52.7 Å². The average Bonchev–Trinajstić information content (AvgIpc) is 3.61. The van der Waals surface area contributed by atoms with Crippen LogP contribution < -0.4 is 10.6 Å². The molecular formula is C22H18N10O. The van der Waals surface area contributed by atoms with Gasteiger partial charge in [-0.3, -0.25) is 0 Å². The van der Waals surface area contributed by atoms with E-state index in [1.54, 1.807) is 28.3 Å². The summed E-state index contributed by atoms with van der Waals surface area (Å²) in [7, 11) is 0. The molecule has 0 atom stereocenters. The van der Waals surface area contributed by atoms with Crippen molar-refractivity contribution in [3.05, 3.63) is 85.4 Å². The number of hydrogen-bond donors (Lipinski definition) is 2. The summed E-state index contributed by atoms with van der Waals surface area (Å²) in [6.45, 7) is 1.12. The van der Waals surface area contributed by atoms with Gasteiger partial charge in [0, 0.05) is 6.54 Å². The molecule has 0 aliphatic carbocycles. The lowest BCUT2D eigenvalue weighted by molar-refractivity contribution is 0.518. The van der Waals surface area contributed by atoms with Crippen molar-refractivity contribution < 1.29 is 4.42 Å². The molecule has 0 spiro atoms. The van der Waals surface area contributed by atoms with E-state index in [1.165, 1.54) is 12.7 Å². The van der Waals surface area contributed by atoms with Gasteiger partial charge in [0.2, 0.25) is 0 Å². The van der Waals surface area contributed by atoms with Crippen molar-refractivity contribution >= 4 is 34.0 Å². The number of fused-ring (bicyclic) bond motifs is 2. The molecule has 162 valence electrons. The van der Waals surface area contributed by atoms with Gasteiger partial charge in [-0.2, -0.15) is 0 Å². The maximum Gasteiger partial charge on any atom is 0.185 e. The molecule has 5 heterocycles. The molecule has 0 aliphatic heterocycles. The molecular weight excluding hydrogens is 420 g/mol. The van der Waals surface area contributed by atoms with E-state index in [4.69, 9.17) is 4.42 Å². The number of aromatic nitrogens is 8. The Hall–Kier alpha value is -4.80. The number of nitrogens with zero attached hydrogens (tertiary/aromatic N) is 8. The Morgan fingerprint density at radius 2 is 1.30 bits per heavy atom. The fraction of sp³-hybridized carbons (Fsp3) is 0.0909. The molecule has 6 aromatic rings. The van der Waals surface area contributed by atoms with Crippen molar-refractivity contribution in [1.29, 1.82) is 0 Å². The second-order valence-electron chi connectivity index (χ2n) is 7.24. The van der Waals surface area contributed by atoms with E-state index in [0.29, 0.717) is 47.1 Å². The lowest BCUT2D eigenvalue weighted by Gasteiger charge is -2.08. The van der Waals surface area contributed by atoms with Crippen LogP contribution >= 0.6 is 0 Å². The zero-order valence-corrected chi connectivity index (χ0v) is 17.3. The summed E-state index contributed by atoms with van der Waals surface area (Å²) < 4.78 is 8.93.